The lowest BCUT2D eigenvalue weighted by Crippen LogP contribution is -2.22. The Hall–Kier alpha value is -1.58. The first kappa shape index (κ1) is 16.8. The van der Waals surface area contributed by atoms with Crippen LogP contribution in [0.25, 0.3) is 0 Å². The first-order chi connectivity index (χ1) is 7.36. The van der Waals surface area contributed by atoms with E-state index in [0.29, 0.717) is 24.3 Å². The predicted molar refractivity (Wildman–Crippen MR) is 64.9 cm³/mol. The van der Waals surface area contributed by atoms with Crippen LogP contribution in [0.4, 0.5) is 0 Å². The fraction of sp³-hybridized carbons (Fsp3) is 0.500. The van der Waals surface area contributed by atoms with Crippen LogP contribution in [0.15, 0.2) is 24.3 Å². The first-order valence-electron chi connectivity index (χ1n) is 5.13. The van der Waals surface area contributed by atoms with Crippen LogP contribution >= 0.6 is 0 Å². The van der Waals surface area contributed by atoms with E-state index < -0.39 is 0 Å². The van der Waals surface area contributed by atoms with E-state index in [2.05, 4.69) is 23.2 Å². The normalized spacial score (nSPS) is 8.25. The Morgan fingerprint density at radius 2 is 1.62 bits per heavy atom. The average molecular weight is 227 g/mol. The number of rotatable bonds is 4. The van der Waals surface area contributed by atoms with Gasteiger partial charge in [0.2, 0.25) is 5.91 Å². The molecule has 0 saturated heterocycles. The lowest BCUT2D eigenvalue weighted by molar-refractivity contribution is -0.138. The number of ether oxygens (including phenoxy) is 1. The molecule has 0 aromatic heterocycles. The molecular weight excluding hydrogens is 206 g/mol. The molecule has 0 aromatic rings. The molecule has 0 heterocycles. The molecule has 16 heavy (non-hydrogen) atoms. The summed E-state index contributed by atoms with van der Waals surface area (Å²) in [6.45, 7) is 14.9. The molecule has 0 aromatic carbocycles. The lowest BCUT2D eigenvalue weighted by atomic mass is 10.3. The highest BCUT2D eigenvalue weighted by Crippen LogP contribution is 1.89. The van der Waals surface area contributed by atoms with Gasteiger partial charge < -0.3 is 10.1 Å². The Labute approximate surface area is 97.4 Å². The van der Waals surface area contributed by atoms with Crippen molar-refractivity contribution < 1.29 is 14.3 Å². The quantitative estimate of drug-likeness (QED) is 0.589. The Bertz CT molecular complexity index is 241. The highest BCUT2D eigenvalue weighted by Gasteiger charge is 1.98. The summed E-state index contributed by atoms with van der Waals surface area (Å²) in [5.74, 6) is -0.375. The fourth-order valence-electron chi connectivity index (χ4n) is 0.566. The summed E-state index contributed by atoms with van der Waals surface area (Å²) in [5, 5.41) is 2.61. The van der Waals surface area contributed by atoms with Crippen LogP contribution < -0.4 is 5.32 Å². The van der Waals surface area contributed by atoms with Gasteiger partial charge in [-0.3, -0.25) is 4.79 Å². The lowest BCUT2D eigenvalue weighted by Gasteiger charge is -1.97. The summed E-state index contributed by atoms with van der Waals surface area (Å²) in [4.78, 5) is 21.0. The van der Waals surface area contributed by atoms with Crippen molar-refractivity contribution in [3.8, 4) is 0 Å². The molecule has 0 spiro atoms. The van der Waals surface area contributed by atoms with Crippen molar-refractivity contribution in [1.82, 2.24) is 5.32 Å². The molecule has 92 valence electrons. The molecule has 0 aliphatic rings. The molecule has 0 radical (unpaired) electrons. The zero-order chi connectivity index (χ0) is 13.1. The van der Waals surface area contributed by atoms with Crippen molar-refractivity contribution in [3.63, 3.8) is 0 Å². The van der Waals surface area contributed by atoms with Crippen LogP contribution in [-0.4, -0.2) is 25.0 Å². The van der Waals surface area contributed by atoms with Crippen molar-refractivity contribution in [2.75, 3.05) is 13.2 Å². The molecule has 1 N–H and O–H groups in total. The van der Waals surface area contributed by atoms with Gasteiger partial charge in [-0.2, -0.15) is 0 Å². The van der Waals surface area contributed by atoms with E-state index in [1.165, 1.54) is 0 Å². The molecule has 4 heteroatoms. The van der Waals surface area contributed by atoms with Gasteiger partial charge in [0.25, 0.3) is 0 Å². The highest BCUT2D eigenvalue weighted by atomic mass is 16.5. The maximum atomic E-state index is 10.5. The maximum Gasteiger partial charge on any atom is 0.333 e. The van der Waals surface area contributed by atoms with E-state index in [-0.39, 0.29) is 11.9 Å². The van der Waals surface area contributed by atoms with Crippen LogP contribution in [0.2, 0.25) is 0 Å². The second-order valence-electron chi connectivity index (χ2n) is 3.14. The molecule has 0 aliphatic carbocycles. The standard InChI is InChI=1S/C6H11NO.C6H10O2/c1-4-7-6(8)5(2)3;1-4-8-6(7)5(2)3/h2,4H2,1,3H3,(H,7,8);2,4H2,1,3H3. The summed E-state index contributed by atoms with van der Waals surface area (Å²) in [7, 11) is 0. The van der Waals surface area contributed by atoms with Gasteiger partial charge in [0.15, 0.2) is 0 Å². The SMILES string of the molecule is C=C(C)C(=O)NCC.C=C(C)C(=O)OCC. The van der Waals surface area contributed by atoms with E-state index in [1.807, 2.05) is 6.92 Å². The van der Waals surface area contributed by atoms with Crippen LogP contribution in [0.3, 0.4) is 0 Å². The molecule has 0 unspecified atom stereocenters. The third kappa shape index (κ3) is 10.5. The molecule has 0 bridgehead atoms. The minimum atomic E-state index is -0.312. The summed E-state index contributed by atoms with van der Waals surface area (Å²) < 4.78 is 4.56. The van der Waals surface area contributed by atoms with Crippen molar-refractivity contribution in [2.45, 2.75) is 27.7 Å². The topological polar surface area (TPSA) is 55.4 Å². The van der Waals surface area contributed by atoms with Crippen LogP contribution in [0, 0.1) is 0 Å². The van der Waals surface area contributed by atoms with Crippen molar-refractivity contribution in [3.05, 3.63) is 24.3 Å². The molecule has 0 rings (SSSR count). The van der Waals surface area contributed by atoms with Gasteiger partial charge in [-0.1, -0.05) is 13.2 Å². The highest BCUT2D eigenvalue weighted by molar-refractivity contribution is 5.91. The molecule has 4 nitrogen and oxygen atoms in total. The van der Waals surface area contributed by atoms with E-state index >= 15 is 0 Å². The summed E-state index contributed by atoms with van der Waals surface area (Å²) in [5.41, 5.74) is 1.01. The number of hydrogen-bond acceptors (Lipinski definition) is 3. The summed E-state index contributed by atoms with van der Waals surface area (Å²) >= 11 is 0. The van der Waals surface area contributed by atoms with Gasteiger partial charge in [-0.25, -0.2) is 4.79 Å². The number of hydrogen-bond donors (Lipinski definition) is 1. The van der Waals surface area contributed by atoms with Crippen LogP contribution in [-0.2, 0) is 14.3 Å². The average Bonchev–Trinajstić information content (AvgIpc) is 2.19. The van der Waals surface area contributed by atoms with Crippen LogP contribution in [0.5, 0.6) is 0 Å². The number of amides is 1. The molecule has 0 aliphatic heterocycles. The van der Waals surface area contributed by atoms with Gasteiger partial charge in [-0.05, 0) is 27.7 Å². The third-order valence-electron chi connectivity index (χ3n) is 1.35. The molecule has 0 atom stereocenters. The Kier molecular flexibility index (Phi) is 10.5. The molecular formula is C12H21NO3. The van der Waals surface area contributed by atoms with Gasteiger partial charge in [0.1, 0.15) is 0 Å². The number of carbonyl (C=O) groups is 2. The number of likely N-dealkylation sites (N-methyl/N-ethyl adjacent to an activating group) is 1. The number of nitrogens with one attached hydrogen (secondary N) is 1. The van der Waals surface area contributed by atoms with E-state index in [9.17, 15) is 9.59 Å². The zero-order valence-corrected chi connectivity index (χ0v) is 10.6. The Morgan fingerprint density at radius 3 is 1.75 bits per heavy atom. The van der Waals surface area contributed by atoms with E-state index in [1.54, 1.807) is 20.8 Å². The summed E-state index contributed by atoms with van der Waals surface area (Å²) in [6, 6.07) is 0. The van der Waals surface area contributed by atoms with E-state index in [0.717, 1.165) is 0 Å². The van der Waals surface area contributed by atoms with Crippen molar-refractivity contribution >= 4 is 11.9 Å². The van der Waals surface area contributed by atoms with Gasteiger partial charge in [0.05, 0.1) is 6.61 Å². The summed E-state index contributed by atoms with van der Waals surface area (Å²) in [6.07, 6.45) is 0. The Balaban J connectivity index is 0. The smallest absolute Gasteiger partial charge is 0.333 e. The molecule has 1 amide bonds. The van der Waals surface area contributed by atoms with Gasteiger partial charge >= 0.3 is 5.97 Å². The minimum Gasteiger partial charge on any atom is -0.463 e. The Morgan fingerprint density at radius 1 is 1.12 bits per heavy atom. The van der Waals surface area contributed by atoms with Crippen molar-refractivity contribution in [1.29, 1.82) is 0 Å². The second-order valence-corrected chi connectivity index (χ2v) is 3.14. The van der Waals surface area contributed by atoms with Gasteiger partial charge in [0, 0.05) is 17.7 Å². The minimum absolute atomic E-state index is 0.0625. The maximum absolute atomic E-state index is 10.5. The van der Waals surface area contributed by atoms with Crippen molar-refractivity contribution in [2.24, 2.45) is 0 Å². The molecule has 0 fully saturated rings. The third-order valence-corrected chi connectivity index (χ3v) is 1.35. The first-order valence-corrected chi connectivity index (χ1v) is 5.13. The van der Waals surface area contributed by atoms with Crippen LogP contribution in [0.1, 0.15) is 27.7 Å². The molecule has 0 saturated carbocycles. The zero-order valence-electron chi connectivity index (χ0n) is 10.6. The monoisotopic (exact) mass is 227 g/mol. The fourth-order valence-corrected chi connectivity index (χ4v) is 0.566. The second kappa shape index (κ2) is 9.96. The predicted octanol–water partition coefficient (Wildman–Crippen LogP) is 1.82. The van der Waals surface area contributed by atoms with Gasteiger partial charge in [-0.15, -0.1) is 0 Å². The van der Waals surface area contributed by atoms with E-state index in [4.69, 9.17) is 0 Å². The number of esters is 1. The largest absolute Gasteiger partial charge is 0.463 e. The number of carbonyl (C=O) groups excluding carboxylic acids is 2.